The number of nitrogens with zero attached hydrogens (tertiary/aromatic N) is 1. The molecular weight excluding hydrogens is 253 g/mol. The summed E-state index contributed by atoms with van der Waals surface area (Å²) in [5.74, 6) is 0. The summed E-state index contributed by atoms with van der Waals surface area (Å²) in [5.41, 5.74) is 0.170. The maximum atomic E-state index is 12.7. The summed E-state index contributed by atoms with van der Waals surface area (Å²) >= 11 is 0. The monoisotopic (exact) mass is 272 g/mol. The number of alkyl halides is 3. The molecule has 0 spiro atoms. The largest absolute Gasteiger partial charge is 0.416 e. The highest BCUT2D eigenvalue weighted by molar-refractivity contribution is 5.25. The Morgan fingerprint density at radius 1 is 1.32 bits per heavy atom. The number of hydrogen-bond donors (Lipinski definition) is 1. The van der Waals surface area contributed by atoms with Crippen LogP contribution in [0.15, 0.2) is 24.3 Å². The molecule has 106 valence electrons. The third kappa shape index (κ3) is 3.70. The topological polar surface area (TPSA) is 15.3 Å². The zero-order valence-corrected chi connectivity index (χ0v) is 11.0. The molecule has 5 heteroatoms. The smallest absolute Gasteiger partial charge is 0.314 e. The number of rotatable bonds is 5. The van der Waals surface area contributed by atoms with Crippen molar-refractivity contribution in [2.45, 2.75) is 32.1 Å². The molecule has 0 unspecified atom stereocenters. The van der Waals surface area contributed by atoms with E-state index in [4.69, 9.17) is 0 Å². The molecule has 1 fully saturated rings. The first-order valence-electron chi connectivity index (χ1n) is 6.61. The van der Waals surface area contributed by atoms with Gasteiger partial charge in [0, 0.05) is 25.7 Å². The van der Waals surface area contributed by atoms with Crippen LogP contribution in [0.1, 0.15) is 24.5 Å². The van der Waals surface area contributed by atoms with E-state index in [0.717, 1.165) is 37.7 Å². The summed E-state index contributed by atoms with van der Waals surface area (Å²) in [4.78, 5) is 2.26. The van der Waals surface area contributed by atoms with E-state index in [1.54, 1.807) is 6.07 Å². The molecule has 1 N–H and O–H groups in total. The predicted molar refractivity (Wildman–Crippen MR) is 68.8 cm³/mol. The molecule has 0 aromatic heterocycles. The number of hydrogen-bond acceptors (Lipinski definition) is 2. The van der Waals surface area contributed by atoms with E-state index >= 15 is 0 Å². The minimum atomic E-state index is -4.26. The van der Waals surface area contributed by atoms with Crippen molar-refractivity contribution in [3.63, 3.8) is 0 Å². The van der Waals surface area contributed by atoms with Gasteiger partial charge in [-0.2, -0.15) is 13.2 Å². The van der Waals surface area contributed by atoms with Gasteiger partial charge in [-0.15, -0.1) is 0 Å². The lowest BCUT2D eigenvalue weighted by Crippen LogP contribution is -2.56. The van der Waals surface area contributed by atoms with Crippen LogP contribution in [0.25, 0.3) is 0 Å². The highest BCUT2D eigenvalue weighted by Crippen LogP contribution is 2.29. The molecule has 1 aliphatic rings. The Kier molecular flexibility index (Phi) is 4.47. The second-order valence-corrected chi connectivity index (χ2v) is 4.98. The van der Waals surface area contributed by atoms with Gasteiger partial charge in [0.2, 0.25) is 0 Å². The molecule has 0 atom stereocenters. The second-order valence-electron chi connectivity index (χ2n) is 4.98. The lowest BCUT2D eigenvalue weighted by molar-refractivity contribution is -0.137. The van der Waals surface area contributed by atoms with Crippen LogP contribution in [0, 0.1) is 0 Å². The van der Waals surface area contributed by atoms with Gasteiger partial charge in [0.1, 0.15) is 0 Å². The van der Waals surface area contributed by atoms with E-state index in [0.29, 0.717) is 12.6 Å². The van der Waals surface area contributed by atoms with Gasteiger partial charge in [0.15, 0.2) is 0 Å². The Morgan fingerprint density at radius 2 is 2.05 bits per heavy atom. The summed E-state index contributed by atoms with van der Waals surface area (Å²) < 4.78 is 38.0. The molecular formula is C14H19F3N2. The molecule has 2 nitrogen and oxygen atoms in total. The summed E-state index contributed by atoms with van der Waals surface area (Å²) in [5, 5.41) is 3.20. The van der Waals surface area contributed by atoms with Crippen molar-refractivity contribution in [1.29, 1.82) is 0 Å². The van der Waals surface area contributed by atoms with E-state index in [9.17, 15) is 13.2 Å². The number of nitrogens with one attached hydrogen (secondary N) is 1. The Hall–Kier alpha value is -1.07. The van der Waals surface area contributed by atoms with Crippen molar-refractivity contribution >= 4 is 0 Å². The Bertz CT molecular complexity index is 413. The highest BCUT2D eigenvalue weighted by atomic mass is 19.4. The van der Waals surface area contributed by atoms with Gasteiger partial charge in [0.25, 0.3) is 0 Å². The Labute approximate surface area is 111 Å². The molecule has 1 heterocycles. The van der Waals surface area contributed by atoms with Crippen LogP contribution in [-0.2, 0) is 12.7 Å². The quantitative estimate of drug-likeness (QED) is 0.886. The standard InChI is InChI=1S/C14H19F3N2/c1-2-6-19(13-8-18-9-13)10-11-4-3-5-12(7-11)14(15,16)17/h3-5,7,13,18H,2,6,8-10H2,1H3. The summed E-state index contributed by atoms with van der Waals surface area (Å²) in [6, 6.07) is 6.09. The van der Waals surface area contributed by atoms with Crippen LogP contribution in [0.3, 0.4) is 0 Å². The molecule has 0 bridgehead atoms. The fourth-order valence-corrected chi connectivity index (χ4v) is 2.29. The van der Waals surface area contributed by atoms with Crippen molar-refractivity contribution in [1.82, 2.24) is 10.2 Å². The third-order valence-electron chi connectivity index (χ3n) is 3.43. The first-order valence-corrected chi connectivity index (χ1v) is 6.61. The highest BCUT2D eigenvalue weighted by Gasteiger charge is 2.31. The van der Waals surface area contributed by atoms with Gasteiger partial charge in [-0.05, 0) is 24.6 Å². The van der Waals surface area contributed by atoms with Crippen LogP contribution in [0.5, 0.6) is 0 Å². The van der Waals surface area contributed by atoms with Crippen LogP contribution < -0.4 is 5.32 Å². The van der Waals surface area contributed by atoms with Gasteiger partial charge in [-0.3, -0.25) is 4.90 Å². The van der Waals surface area contributed by atoms with Crippen molar-refractivity contribution < 1.29 is 13.2 Å². The molecule has 1 aromatic carbocycles. The van der Waals surface area contributed by atoms with Crippen LogP contribution in [-0.4, -0.2) is 30.6 Å². The number of halogens is 3. The van der Waals surface area contributed by atoms with Crippen LogP contribution >= 0.6 is 0 Å². The maximum absolute atomic E-state index is 12.7. The molecule has 1 saturated heterocycles. The van der Waals surface area contributed by atoms with Crippen molar-refractivity contribution in [3.8, 4) is 0 Å². The van der Waals surface area contributed by atoms with Crippen LogP contribution in [0.2, 0.25) is 0 Å². The summed E-state index contributed by atoms with van der Waals surface area (Å²) in [6.07, 6.45) is -3.25. The Balaban J connectivity index is 2.08. The summed E-state index contributed by atoms with van der Waals surface area (Å²) in [6.45, 7) is 5.45. The zero-order valence-electron chi connectivity index (χ0n) is 11.0. The van der Waals surface area contributed by atoms with E-state index < -0.39 is 11.7 Å². The van der Waals surface area contributed by atoms with E-state index in [-0.39, 0.29) is 0 Å². The van der Waals surface area contributed by atoms with E-state index in [2.05, 4.69) is 17.1 Å². The molecule has 0 radical (unpaired) electrons. The molecule has 19 heavy (non-hydrogen) atoms. The van der Waals surface area contributed by atoms with Gasteiger partial charge in [-0.1, -0.05) is 25.1 Å². The molecule has 2 rings (SSSR count). The lowest BCUT2D eigenvalue weighted by Gasteiger charge is -2.38. The number of benzene rings is 1. The first kappa shape index (κ1) is 14.3. The van der Waals surface area contributed by atoms with E-state index in [1.807, 2.05) is 0 Å². The first-order chi connectivity index (χ1) is 9.00. The SMILES string of the molecule is CCCN(Cc1cccc(C(F)(F)F)c1)C1CNC1. The van der Waals surface area contributed by atoms with Gasteiger partial charge in [-0.25, -0.2) is 0 Å². The van der Waals surface area contributed by atoms with Crippen molar-refractivity contribution in [2.24, 2.45) is 0 Å². The van der Waals surface area contributed by atoms with E-state index in [1.165, 1.54) is 12.1 Å². The molecule has 0 aliphatic carbocycles. The molecule has 1 aromatic rings. The molecule has 0 saturated carbocycles. The second kappa shape index (κ2) is 5.92. The average molecular weight is 272 g/mol. The normalized spacial score (nSPS) is 16.7. The maximum Gasteiger partial charge on any atom is 0.416 e. The zero-order chi connectivity index (χ0) is 13.9. The fraction of sp³-hybridized carbons (Fsp3) is 0.571. The van der Waals surface area contributed by atoms with Crippen molar-refractivity contribution in [2.75, 3.05) is 19.6 Å². The lowest BCUT2D eigenvalue weighted by atomic mass is 10.1. The minimum Gasteiger partial charge on any atom is -0.314 e. The predicted octanol–water partition coefficient (Wildman–Crippen LogP) is 2.89. The fourth-order valence-electron chi connectivity index (χ4n) is 2.29. The molecule has 0 amide bonds. The van der Waals surface area contributed by atoms with Crippen LogP contribution in [0.4, 0.5) is 13.2 Å². The Morgan fingerprint density at radius 3 is 2.58 bits per heavy atom. The van der Waals surface area contributed by atoms with Gasteiger partial charge < -0.3 is 5.32 Å². The molecule has 1 aliphatic heterocycles. The third-order valence-corrected chi connectivity index (χ3v) is 3.43. The van der Waals surface area contributed by atoms with Crippen molar-refractivity contribution in [3.05, 3.63) is 35.4 Å². The summed E-state index contributed by atoms with van der Waals surface area (Å²) in [7, 11) is 0. The minimum absolute atomic E-state index is 0.453. The van der Waals surface area contributed by atoms with Gasteiger partial charge in [0.05, 0.1) is 5.56 Å². The van der Waals surface area contributed by atoms with Gasteiger partial charge >= 0.3 is 6.18 Å². The average Bonchev–Trinajstić information content (AvgIpc) is 2.26.